The highest BCUT2D eigenvalue weighted by molar-refractivity contribution is 8.00. The lowest BCUT2D eigenvalue weighted by Crippen LogP contribution is -2.22. The van der Waals surface area contributed by atoms with Crippen LogP contribution in [0.2, 0.25) is 5.02 Å². The maximum Gasteiger partial charge on any atom is 0.237 e. The number of hydrogen-bond acceptors (Lipinski definition) is 5. The monoisotopic (exact) mass is 449 g/mol. The van der Waals surface area contributed by atoms with Gasteiger partial charge in [0.05, 0.1) is 10.9 Å². The van der Waals surface area contributed by atoms with Crippen LogP contribution in [0.4, 0.5) is 5.69 Å². The van der Waals surface area contributed by atoms with E-state index < -0.39 is 5.25 Å². The van der Waals surface area contributed by atoms with Crippen LogP contribution in [0.15, 0.2) is 78.2 Å². The molecule has 4 rings (SSSR count). The number of pyridine rings is 1. The minimum atomic E-state index is -0.410. The molecule has 0 saturated carbocycles. The molecule has 1 N–H and O–H groups in total. The summed E-state index contributed by atoms with van der Waals surface area (Å²) in [4.78, 5) is 17.0. The van der Waals surface area contributed by atoms with Gasteiger partial charge in [-0.05, 0) is 55.8 Å². The minimum absolute atomic E-state index is 0.144. The van der Waals surface area contributed by atoms with Gasteiger partial charge in [-0.15, -0.1) is 10.2 Å². The van der Waals surface area contributed by atoms with E-state index in [4.69, 9.17) is 11.6 Å². The lowest BCUT2D eigenvalue weighted by molar-refractivity contribution is -0.115. The molecule has 0 fully saturated rings. The molecular weight excluding hydrogens is 430 g/mol. The molecule has 1 atom stereocenters. The van der Waals surface area contributed by atoms with Crippen molar-refractivity contribution in [3.05, 3.63) is 83.6 Å². The van der Waals surface area contributed by atoms with Crippen molar-refractivity contribution in [2.75, 3.05) is 5.32 Å². The Kier molecular flexibility index (Phi) is 6.34. The van der Waals surface area contributed by atoms with Crippen LogP contribution in [0, 0.1) is 6.92 Å². The summed E-state index contributed by atoms with van der Waals surface area (Å²) < 4.78 is 1.97. The summed E-state index contributed by atoms with van der Waals surface area (Å²) in [5.74, 6) is 0.530. The van der Waals surface area contributed by atoms with E-state index in [1.165, 1.54) is 11.8 Å². The zero-order chi connectivity index (χ0) is 21.8. The van der Waals surface area contributed by atoms with Crippen LogP contribution in [0.1, 0.15) is 12.5 Å². The van der Waals surface area contributed by atoms with Gasteiger partial charge in [0, 0.05) is 28.7 Å². The van der Waals surface area contributed by atoms with Gasteiger partial charge in [0.2, 0.25) is 5.91 Å². The van der Waals surface area contributed by atoms with Crippen molar-refractivity contribution in [3.63, 3.8) is 0 Å². The second-order valence-electron chi connectivity index (χ2n) is 6.93. The molecule has 2 heterocycles. The molecule has 0 bridgehead atoms. The number of benzene rings is 2. The van der Waals surface area contributed by atoms with Crippen molar-refractivity contribution in [2.45, 2.75) is 24.3 Å². The number of anilines is 1. The van der Waals surface area contributed by atoms with Gasteiger partial charge < -0.3 is 5.32 Å². The Hall–Kier alpha value is -3.16. The average Bonchev–Trinajstić information content (AvgIpc) is 3.18. The molecule has 31 heavy (non-hydrogen) atoms. The van der Waals surface area contributed by atoms with Crippen LogP contribution >= 0.6 is 23.4 Å². The number of carbonyl (C=O) groups is 1. The summed E-state index contributed by atoms with van der Waals surface area (Å²) in [6.07, 6.45) is 3.47. The van der Waals surface area contributed by atoms with Crippen molar-refractivity contribution in [1.82, 2.24) is 19.7 Å². The number of nitrogens with one attached hydrogen (secondary N) is 1. The van der Waals surface area contributed by atoms with Gasteiger partial charge in [0.1, 0.15) is 0 Å². The molecule has 1 amide bonds. The summed E-state index contributed by atoms with van der Waals surface area (Å²) in [5, 5.41) is 12.5. The van der Waals surface area contributed by atoms with E-state index in [1.807, 2.05) is 54.8 Å². The van der Waals surface area contributed by atoms with E-state index in [0.29, 0.717) is 21.7 Å². The highest BCUT2D eigenvalue weighted by Crippen LogP contribution is 2.31. The number of hydrogen-bond donors (Lipinski definition) is 1. The Bertz CT molecular complexity index is 1210. The van der Waals surface area contributed by atoms with E-state index >= 15 is 0 Å². The summed E-state index contributed by atoms with van der Waals surface area (Å²) in [6.45, 7) is 3.87. The van der Waals surface area contributed by atoms with Crippen molar-refractivity contribution >= 4 is 35.0 Å². The molecule has 0 radical (unpaired) electrons. The van der Waals surface area contributed by atoms with Gasteiger partial charge in [-0.25, -0.2) is 0 Å². The van der Waals surface area contributed by atoms with Gasteiger partial charge in [0.25, 0.3) is 0 Å². The first-order valence-corrected chi connectivity index (χ1v) is 10.9. The summed E-state index contributed by atoms with van der Waals surface area (Å²) >= 11 is 7.36. The molecule has 4 aromatic rings. The first kappa shape index (κ1) is 21.1. The second kappa shape index (κ2) is 9.32. The molecular formula is C23H20ClN5OS. The first-order valence-electron chi connectivity index (χ1n) is 9.68. The quantitative estimate of drug-likeness (QED) is 0.398. The highest BCUT2D eigenvalue weighted by Gasteiger charge is 2.22. The van der Waals surface area contributed by atoms with Crippen LogP contribution in [0.25, 0.3) is 17.1 Å². The van der Waals surface area contributed by atoms with Crippen LogP contribution in [-0.4, -0.2) is 30.9 Å². The van der Waals surface area contributed by atoms with Gasteiger partial charge in [-0.1, -0.05) is 47.6 Å². The number of halogens is 1. The van der Waals surface area contributed by atoms with Gasteiger partial charge >= 0.3 is 0 Å². The fourth-order valence-corrected chi connectivity index (χ4v) is 4.13. The third-order valence-corrected chi connectivity index (χ3v) is 5.93. The first-order chi connectivity index (χ1) is 15.0. The molecule has 8 heteroatoms. The van der Waals surface area contributed by atoms with E-state index in [0.717, 1.165) is 16.8 Å². The number of carbonyl (C=O) groups excluding carboxylic acids is 1. The normalized spacial score (nSPS) is 11.8. The van der Waals surface area contributed by atoms with E-state index in [9.17, 15) is 4.79 Å². The molecule has 0 aliphatic rings. The Morgan fingerprint density at radius 2 is 1.94 bits per heavy atom. The predicted molar refractivity (Wildman–Crippen MR) is 125 cm³/mol. The molecule has 6 nitrogen and oxygen atoms in total. The number of rotatable bonds is 6. The molecule has 0 saturated heterocycles. The van der Waals surface area contributed by atoms with Crippen LogP contribution in [0.5, 0.6) is 0 Å². The van der Waals surface area contributed by atoms with Gasteiger partial charge in [-0.3, -0.25) is 14.3 Å². The topological polar surface area (TPSA) is 72.7 Å². The number of aryl methyl sites for hydroxylation is 1. The van der Waals surface area contributed by atoms with E-state index in [-0.39, 0.29) is 5.91 Å². The molecule has 2 aromatic carbocycles. The largest absolute Gasteiger partial charge is 0.325 e. The Balaban J connectivity index is 1.66. The highest BCUT2D eigenvalue weighted by atomic mass is 35.5. The van der Waals surface area contributed by atoms with Gasteiger partial charge in [-0.2, -0.15) is 0 Å². The molecule has 0 spiro atoms. The maximum absolute atomic E-state index is 12.8. The summed E-state index contributed by atoms with van der Waals surface area (Å²) in [6, 6.07) is 18.9. The molecule has 156 valence electrons. The Morgan fingerprint density at radius 3 is 2.68 bits per heavy atom. The number of para-hydroxylation sites is 1. The fourth-order valence-electron chi connectivity index (χ4n) is 3.08. The zero-order valence-electron chi connectivity index (χ0n) is 17.0. The number of thioether (sulfide) groups is 1. The van der Waals surface area contributed by atoms with E-state index in [2.05, 4.69) is 20.5 Å². The second-order valence-corrected chi connectivity index (χ2v) is 8.67. The summed E-state index contributed by atoms with van der Waals surface area (Å²) in [5.41, 5.74) is 3.53. The standard InChI is InChI=1S/C23H20ClN5OS/c1-15-7-3-4-11-20(15)29-21(17-8-6-12-25-14-17)27-28-23(29)31-16(2)22(30)26-19-10-5-9-18(24)13-19/h3-14,16H,1-2H3,(H,26,30). The van der Waals surface area contributed by atoms with Crippen molar-refractivity contribution in [2.24, 2.45) is 0 Å². The smallest absolute Gasteiger partial charge is 0.237 e. The number of aromatic nitrogens is 4. The lowest BCUT2D eigenvalue weighted by Gasteiger charge is -2.15. The zero-order valence-corrected chi connectivity index (χ0v) is 18.6. The maximum atomic E-state index is 12.8. The molecule has 0 aliphatic heterocycles. The predicted octanol–water partition coefficient (Wildman–Crippen LogP) is 5.41. The third kappa shape index (κ3) is 4.78. The number of nitrogens with zero attached hydrogens (tertiary/aromatic N) is 4. The lowest BCUT2D eigenvalue weighted by atomic mass is 10.2. The van der Waals surface area contributed by atoms with Crippen molar-refractivity contribution in [3.8, 4) is 17.1 Å². The molecule has 0 aliphatic carbocycles. The van der Waals surface area contributed by atoms with Crippen LogP contribution in [-0.2, 0) is 4.79 Å². The number of amides is 1. The molecule has 2 aromatic heterocycles. The third-order valence-electron chi connectivity index (χ3n) is 4.65. The van der Waals surface area contributed by atoms with Gasteiger partial charge in [0.15, 0.2) is 11.0 Å². The van der Waals surface area contributed by atoms with Crippen molar-refractivity contribution < 1.29 is 4.79 Å². The minimum Gasteiger partial charge on any atom is -0.325 e. The van der Waals surface area contributed by atoms with Crippen molar-refractivity contribution in [1.29, 1.82) is 0 Å². The average molecular weight is 450 g/mol. The molecule has 1 unspecified atom stereocenters. The van der Waals surface area contributed by atoms with Crippen LogP contribution in [0.3, 0.4) is 0 Å². The summed E-state index contributed by atoms with van der Waals surface area (Å²) in [7, 11) is 0. The SMILES string of the molecule is Cc1ccccc1-n1c(SC(C)C(=O)Nc2cccc(Cl)c2)nnc1-c1cccnc1. The fraction of sp³-hybridized carbons (Fsp3) is 0.130. The van der Waals surface area contributed by atoms with Crippen LogP contribution < -0.4 is 5.32 Å². The van der Waals surface area contributed by atoms with E-state index in [1.54, 1.807) is 36.7 Å². The Labute approximate surface area is 189 Å². The Morgan fingerprint density at radius 1 is 1.10 bits per heavy atom.